The summed E-state index contributed by atoms with van der Waals surface area (Å²) in [4.78, 5) is 10.9. The van der Waals surface area contributed by atoms with E-state index >= 15 is 0 Å². The van der Waals surface area contributed by atoms with Gasteiger partial charge in [-0.05, 0) is 6.92 Å². The van der Waals surface area contributed by atoms with Crippen LogP contribution in [0.2, 0.25) is 0 Å². The summed E-state index contributed by atoms with van der Waals surface area (Å²) in [5, 5.41) is 0. The van der Waals surface area contributed by atoms with Gasteiger partial charge >= 0.3 is 6.03 Å². The van der Waals surface area contributed by atoms with E-state index in [1.54, 1.807) is 0 Å². The number of nitrogens with zero attached hydrogens (tertiary/aromatic N) is 1. The fourth-order valence-electron chi connectivity index (χ4n) is 1.55. The average molecular weight is 143 g/mol. The largest absolute Gasteiger partial charge is 0.414 e. The van der Waals surface area contributed by atoms with Gasteiger partial charge in [0.1, 0.15) is 0 Å². The molecule has 2 atom stereocenters. The highest BCUT2D eigenvalue weighted by Gasteiger charge is 2.39. The lowest BCUT2D eigenvalue weighted by Crippen LogP contribution is -2.54. The summed E-state index contributed by atoms with van der Waals surface area (Å²) in [6.45, 7) is 2.99. The van der Waals surface area contributed by atoms with Crippen LogP contribution in [-0.4, -0.2) is 30.1 Å². The molecule has 1 saturated heterocycles. The predicted molar refractivity (Wildman–Crippen MR) is 39.3 cm³/mol. The number of carbonyl (C=O) groups is 1. The molecule has 0 bridgehead atoms. The van der Waals surface area contributed by atoms with Crippen LogP contribution in [0.4, 0.5) is 4.79 Å². The van der Waals surface area contributed by atoms with Gasteiger partial charge in [-0.2, -0.15) is 0 Å². The van der Waals surface area contributed by atoms with Crippen molar-refractivity contribution in [3.8, 4) is 0 Å². The van der Waals surface area contributed by atoms with Crippen LogP contribution in [0.3, 0.4) is 0 Å². The first-order valence-electron chi connectivity index (χ1n) is 3.72. The molecular formula is C7H15N2O+. The monoisotopic (exact) mass is 143 g/mol. The minimum atomic E-state index is -0.190. The van der Waals surface area contributed by atoms with Gasteiger partial charge in [-0.25, -0.2) is 9.28 Å². The molecule has 10 heavy (non-hydrogen) atoms. The Kier molecular flexibility index (Phi) is 1.68. The standard InChI is InChI=1S/C7H14N2O/c1-6-4-3-5-9(6,2)7(8)10/h6H,3-5H2,1-2H3,(H-,8,10)/p+1/t6-,9?/m1/s1. The van der Waals surface area contributed by atoms with Crippen molar-refractivity contribution in [1.29, 1.82) is 0 Å². The second-order valence-corrected chi connectivity index (χ2v) is 3.32. The maximum absolute atomic E-state index is 10.9. The van der Waals surface area contributed by atoms with Crippen molar-refractivity contribution in [2.24, 2.45) is 5.73 Å². The van der Waals surface area contributed by atoms with Crippen LogP contribution >= 0.6 is 0 Å². The van der Waals surface area contributed by atoms with E-state index in [0.717, 1.165) is 19.4 Å². The van der Waals surface area contributed by atoms with Crippen molar-refractivity contribution >= 4 is 6.03 Å². The van der Waals surface area contributed by atoms with Crippen LogP contribution in [0.15, 0.2) is 0 Å². The van der Waals surface area contributed by atoms with Gasteiger partial charge in [0.15, 0.2) is 0 Å². The van der Waals surface area contributed by atoms with E-state index in [1.807, 2.05) is 7.05 Å². The first kappa shape index (κ1) is 7.54. The van der Waals surface area contributed by atoms with Gasteiger partial charge in [0, 0.05) is 12.8 Å². The summed E-state index contributed by atoms with van der Waals surface area (Å²) in [5.41, 5.74) is 5.26. The molecule has 0 saturated carbocycles. The smallest absolute Gasteiger partial charge is 0.319 e. The normalized spacial score (nSPS) is 40.0. The van der Waals surface area contributed by atoms with Crippen LogP contribution in [0.25, 0.3) is 0 Å². The lowest BCUT2D eigenvalue weighted by Gasteiger charge is -2.28. The zero-order valence-corrected chi connectivity index (χ0v) is 6.63. The SMILES string of the molecule is C[C@@H]1CCC[N+]1(C)C(N)=O. The van der Waals surface area contributed by atoms with Gasteiger partial charge < -0.3 is 5.73 Å². The molecule has 2 N–H and O–H groups in total. The Labute approximate surface area is 61.4 Å². The molecule has 1 aliphatic heterocycles. The third kappa shape index (κ3) is 0.904. The molecule has 2 amide bonds. The third-order valence-electron chi connectivity index (χ3n) is 2.72. The second kappa shape index (κ2) is 2.23. The zero-order chi connectivity index (χ0) is 7.78. The van der Waals surface area contributed by atoms with E-state index in [1.165, 1.54) is 0 Å². The number of nitrogens with two attached hydrogens (primary N) is 1. The maximum Gasteiger partial charge on any atom is 0.414 e. The zero-order valence-electron chi connectivity index (χ0n) is 6.63. The van der Waals surface area contributed by atoms with Crippen molar-refractivity contribution in [3.63, 3.8) is 0 Å². The minimum Gasteiger partial charge on any atom is -0.319 e. The number of likely N-dealkylation sites (tertiary alicyclic amines) is 1. The summed E-state index contributed by atoms with van der Waals surface area (Å²) in [6.07, 6.45) is 2.25. The van der Waals surface area contributed by atoms with Crippen molar-refractivity contribution in [1.82, 2.24) is 0 Å². The number of quaternary nitrogens is 1. The minimum absolute atomic E-state index is 0.190. The number of amides is 2. The topological polar surface area (TPSA) is 43.1 Å². The van der Waals surface area contributed by atoms with E-state index in [2.05, 4.69) is 6.92 Å². The Morgan fingerprint density at radius 2 is 2.30 bits per heavy atom. The van der Waals surface area contributed by atoms with E-state index in [9.17, 15) is 4.79 Å². The van der Waals surface area contributed by atoms with Crippen molar-refractivity contribution in [2.75, 3.05) is 13.6 Å². The first-order valence-corrected chi connectivity index (χ1v) is 3.72. The van der Waals surface area contributed by atoms with Crippen LogP contribution in [0, 0.1) is 0 Å². The van der Waals surface area contributed by atoms with Crippen molar-refractivity contribution in [2.45, 2.75) is 25.8 Å². The highest BCUT2D eigenvalue weighted by atomic mass is 16.2. The Morgan fingerprint density at radius 1 is 1.70 bits per heavy atom. The first-order chi connectivity index (χ1) is 4.57. The van der Waals surface area contributed by atoms with Crippen LogP contribution in [0.5, 0.6) is 0 Å². The highest BCUT2D eigenvalue weighted by molar-refractivity contribution is 5.64. The van der Waals surface area contributed by atoms with Gasteiger partial charge in [-0.3, -0.25) is 0 Å². The highest BCUT2D eigenvalue weighted by Crippen LogP contribution is 2.23. The summed E-state index contributed by atoms with van der Waals surface area (Å²) in [5.74, 6) is 0. The molecule has 0 aromatic carbocycles. The van der Waals surface area contributed by atoms with Gasteiger partial charge in [0.25, 0.3) is 0 Å². The quantitative estimate of drug-likeness (QED) is 0.498. The number of hydrogen-bond acceptors (Lipinski definition) is 1. The Balaban J connectivity index is 2.75. The second-order valence-electron chi connectivity index (χ2n) is 3.32. The molecule has 3 heteroatoms. The molecule has 3 nitrogen and oxygen atoms in total. The van der Waals surface area contributed by atoms with Crippen LogP contribution in [0.1, 0.15) is 19.8 Å². The number of hydrogen-bond donors (Lipinski definition) is 1. The molecule has 0 aromatic rings. The third-order valence-corrected chi connectivity index (χ3v) is 2.72. The molecule has 0 aliphatic carbocycles. The predicted octanol–water partition coefficient (Wildman–Crippen LogP) is 0.694. The molecule has 1 unspecified atom stereocenters. The summed E-state index contributed by atoms with van der Waals surface area (Å²) < 4.78 is 0.431. The molecule has 1 heterocycles. The van der Waals surface area contributed by atoms with E-state index in [0.29, 0.717) is 10.5 Å². The fourth-order valence-corrected chi connectivity index (χ4v) is 1.55. The maximum atomic E-state index is 10.9. The Morgan fingerprint density at radius 3 is 2.50 bits per heavy atom. The lowest BCUT2D eigenvalue weighted by molar-refractivity contribution is -0.839. The van der Waals surface area contributed by atoms with Gasteiger partial charge in [0.2, 0.25) is 0 Å². The van der Waals surface area contributed by atoms with E-state index in [-0.39, 0.29) is 6.03 Å². The number of urea groups is 1. The molecule has 0 aromatic heterocycles. The Bertz CT molecular complexity index is 158. The molecule has 1 fully saturated rings. The van der Waals surface area contributed by atoms with Gasteiger partial charge in [-0.15, -0.1) is 0 Å². The molecule has 0 radical (unpaired) electrons. The fraction of sp³-hybridized carbons (Fsp3) is 0.857. The van der Waals surface area contributed by atoms with Crippen molar-refractivity contribution < 1.29 is 9.28 Å². The van der Waals surface area contributed by atoms with E-state index in [4.69, 9.17) is 5.73 Å². The Hall–Kier alpha value is -0.570. The van der Waals surface area contributed by atoms with Gasteiger partial charge in [0.05, 0.1) is 19.6 Å². The average Bonchev–Trinajstić information content (AvgIpc) is 2.15. The molecular weight excluding hydrogens is 128 g/mol. The van der Waals surface area contributed by atoms with Gasteiger partial charge in [-0.1, -0.05) is 0 Å². The molecule has 1 rings (SSSR count). The number of carbonyl (C=O) groups excluding carboxylic acids is 1. The number of rotatable bonds is 0. The van der Waals surface area contributed by atoms with Crippen LogP contribution < -0.4 is 5.73 Å². The lowest BCUT2D eigenvalue weighted by atomic mass is 10.2. The molecule has 0 spiro atoms. The van der Waals surface area contributed by atoms with Crippen LogP contribution in [-0.2, 0) is 0 Å². The van der Waals surface area contributed by atoms with Crippen molar-refractivity contribution in [3.05, 3.63) is 0 Å². The molecule has 58 valence electrons. The summed E-state index contributed by atoms with van der Waals surface area (Å²) in [6, 6.07) is 0.225. The van der Waals surface area contributed by atoms with E-state index < -0.39 is 0 Å². The summed E-state index contributed by atoms with van der Waals surface area (Å²) >= 11 is 0. The summed E-state index contributed by atoms with van der Waals surface area (Å²) in [7, 11) is 1.92. The number of primary amides is 1. The molecule has 1 aliphatic rings.